The molecule has 2 atom stereocenters. The highest BCUT2D eigenvalue weighted by molar-refractivity contribution is 9.11. The Bertz CT molecular complexity index is 433. The fourth-order valence-electron chi connectivity index (χ4n) is 1.51. The standard InChI is InChI=1S/C12H16BrNO3S/c1-3-7(2)11(12(16)17)14-10(15)6-8-4-5-9(13)18-8/h4-5,7,11H,3,6H2,1-2H3,(H,14,15)(H,16,17). The highest BCUT2D eigenvalue weighted by Gasteiger charge is 2.25. The zero-order valence-corrected chi connectivity index (χ0v) is 12.7. The van der Waals surface area contributed by atoms with Crippen LogP contribution in [-0.2, 0) is 16.0 Å². The first-order valence-electron chi connectivity index (χ1n) is 5.70. The van der Waals surface area contributed by atoms with Crippen LogP contribution in [0.3, 0.4) is 0 Å². The number of thiophene rings is 1. The van der Waals surface area contributed by atoms with Crippen molar-refractivity contribution in [3.63, 3.8) is 0 Å². The monoisotopic (exact) mass is 333 g/mol. The van der Waals surface area contributed by atoms with Crippen LogP contribution in [0.4, 0.5) is 0 Å². The molecule has 0 bridgehead atoms. The minimum atomic E-state index is -0.981. The molecule has 0 saturated heterocycles. The summed E-state index contributed by atoms with van der Waals surface area (Å²) in [6.07, 6.45) is 0.929. The molecule has 0 aliphatic rings. The SMILES string of the molecule is CCC(C)C(NC(=O)Cc1ccc(Br)s1)C(=O)O. The van der Waals surface area contributed by atoms with Gasteiger partial charge in [0, 0.05) is 4.88 Å². The lowest BCUT2D eigenvalue weighted by atomic mass is 9.99. The van der Waals surface area contributed by atoms with E-state index < -0.39 is 12.0 Å². The van der Waals surface area contributed by atoms with Crippen LogP contribution >= 0.6 is 27.3 Å². The third-order valence-electron chi connectivity index (χ3n) is 2.76. The Kier molecular flexibility index (Phi) is 5.81. The summed E-state index contributed by atoms with van der Waals surface area (Å²) in [6, 6.07) is 2.91. The average Bonchev–Trinajstić information content (AvgIpc) is 2.70. The second-order valence-corrected chi connectivity index (χ2v) is 6.70. The van der Waals surface area contributed by atoms with Gasteiger partial charge in [0.25, 0.3) is 0 Å². The molecule has 1 aromatic heterocycles. The van der Waals surface area contributed by atoms with Crippen LogP contribution in [0.25, 0.3) is 0 Å². The largest absolute Gasteiger partial charge is 0.480 e. The predicted octanol–water partition coefficient (Wildman–Crippen LogP) is 2.67. The van der Waals surface area contributed by atoms with E-state index in [4.69, 9.17) is 5.11 Å². The van der Waals surface area contributed by atoms with Gasteiger partial charge in [-0.1, -0.05) is 20.3 Å². The second kappa shape index (κ2) is 6.89. The molecule has 1 aromatic rings. The van der Waals surface area contributed by atoms with Crippen molar-refractivity contribution in [2.45, 2.75) is 32.7 Å². The molecule has 4 nitrogen and oxygen atoms in total. The molecule has 2 N–H and O–H groups in total. The van der Waals surface area contributed by atoms with Crippen molar-refractivity contribution in [2.75, 3.05) is 0 Å². The summed E-state index contributed by atoms with van der Waals surface area (Å²) in [4.78, 5) is 23.8. The van der Waals surface area contributed by atoms with E-state index in [1.54, 1.807) is 0 Å². The Morgan fingerprint density at radius 2 is 2.17 bits per heavy atom. The quantitative estimate of drug-likeness (QED) is 0.841. The van der Waals surface area contributed by atoms with E-state index in [-0.39, 0.29) is 18.2 Å². The first kappa shape index (κ1) is 15.2. The molecule has 0 saturated carbocycles. The number of nitrogens with one attached hydrogen (secondary N) is 1. The van der Waals surface area contributed by atoms with Crippen LogP contribution < -0.4 is 5.32 Å². The van der Waals surface area contributed by atoms with Crippen molar-refractivity contribution in [3.8, 4) is 0 Å². The lowest BCUT2D eigenvalue weighted by Gasteiger charge is -2.19. The highest BCUT2D eigenvalue weighted by Crippen LogP contribution is 2.22. The summed E-state index contributed by atoms with van der Waals surface area (Å²) < 4.78 is 0.960. The first-order chi connectivity index (χ1) is 8.43. The molecule has 1 rings (SSSR count). The third-order valence-corrected chi connectivity index (χ3v) is 4.38. The van der Waals surface area contributed by atoms with E-state index >= 15 is 0 Å². The molecule has 0 aromatic carbocycles. The van der Waals surface area contributed by atoms with Crippen molar-refractivity contribution < 1.29 is 14.7 Å². The van der Waals surface area contributed by atoms with Gasteiger partial charge in [-0.15, -0.1) is 11.3 Å². The maximum Gasteiger partial charge on any atom is 0.326 e. The lowest BCUT2D eigenvalue weighted by molar-refractivity contribution is -0.143. The summed E-state index contributed by atoms with van der Waals surface area (Å²) in [6.45, 7) is 3.73. The topological polar surface area (TPSA) is 66.4 Å². The zero-order valence-electron chi connectivity index (χ0n) is 10.3. The smallest absolute Gasteiger partial charge is 0.326 e. The number of hydrogen-bond acceptors (Lipinski definition) is 3. The molecule has 0 fully saturated rings. The Morgan fingerprint density at radius 3 is 2.61 bits per heavy atom. The van der Waals surface area contributed by atoms with Crippen molar-refractivity contribution in [2.24, 2.45) is 5.92 Å². The number of halogens is 1. The van der Waals surface area contributed by atoms with E-state index in [9.17, 15) is 9.59 Å². The molecular weight excluding hydrogens is 318 g/mol. The van der Waals surface area contributed by atoms with Crippen LogP contribution in [-0.4, -0.2) is 23.0 Å². The van der Waals surface area contributed by atoms with Gasteiger partial charge < -0.3 is 10.4 Å². The number of aliphatic carboxylic acids is 1. The summed E-state index contributed by atoms with van der Waals surface area (Å²) >= 11 is 4.80. The molecule has 0 spiro atoms. The summed E-state index contributed by atoms with van der Waals surface area (Å²) in [5.41, 5.74) is 0. The van der Waals surface area contributed by atoms with E-state index in [0.717, 1.165) is 8.66 Å². The fraction of sp³-hybridized carbons (Fsp3) is 0.500. The van der Waals surface area contributed by atoms with Crippen molar-refractivity contribution in [1.29, 1.82) is 0 Å². The Labute approximate surface area is 119 Å². The van der Waals surface area contributed by atoms with Crippen molar-refractivity contribution in [1.82, 2.24) is 5.32 Å². The lowest BCUT2D eigenvalue weighted by Crippen LogP contribution is -2.45. The van der Waals surface area contributed by atoms with E-state index in [1.165, 1.54) is 11.3 Å². The van der Waals surface area contributed by atoms with Gasteiger partial charge in [-0.05, 0) is 34.0 Å². The molecular formula is C12H16BrNO3S. The Hall–Kier alpha value is -0.880. The number of carboxylic acids is 1. The molecule has 18 heavy (non-hydrogen) atoms. The molecule has 0 aliphatic heterocycles. The van der Waals surface area contributed by atoms with E-state index in [1.807, 2.05) is 26.0 Å². The molecule has 1 heterocycles. The van der Waals surface area contributed by atoms with Crippen LogP contribution in [0, 0.1) is 5.92 Å². The van der Waals surface area contributed by atoms with Gasteiger partial charge in [0.05, 0.1) is 10.2 Å². The van der Waals surface area contributed by atoms with Gasteiger partial charge in [0.2, 0.25) is 5.91 Å². The molecule has 0 radical (unpaired) electrons. The number of amides is 1. The van der Waals surface area contributed by atoms with Crippen LogP contribution in [0.1, 0.15) is 25.1 Å². The predicted molar refractivity (Wildman–Crippen MR) is 74.7 cm³/mol. The normalized spacial score (nSPS) is 13.9. The van der Waals surface area contributed by atoms with Gasteiger partial charge >= 0.3 is 5.97 Å². The van der Waals surface area contributed by atoms with Crippen LogP contribution in [0.5, 0.6) is 0 Å². The van der Waals surface area contributed by atoms with Crippen molar-refractivity contribution in [3.05, 3.63) is 20.8 Å². The minimum absolute atomic E-state index is 0.0819. The maximum absolute atomic E-state index is 11.8. The summed E-state index contributed by atoms with van der Waals surface area (Å²) in [5, 5.41) is 11.7. The van der Waals surface area contributed by atoms with Crippen LogP contribution in [0.2, 0.25) is 0 Å². The molecule has 1 amide bonds. The molecule has 100 valence electrons. The number of carbonyl (C=O) groups is 2. The minimum Gasteiger partial charge on any atom is -0.480 e. The van der Waals surface area contributed by atoms with E-state index in [0.29, 0.717) is 6.42 Å². The first-order valence-corrected chi connectivity index (χ1v) is 7.31. The number of rotatable bonds is 6. The third kappa shape index (κ3) is 4.42. The zero-order chi connectivity index (χ0) is 13.7. The summed E-state index contributed by atoms with van der Waals surface area (Å²) in [7, 11) is 0. The number of carboxylic acid groups (broad SMARTS) is 1. The molecule has 0 aliphatic carbocycles. The van der Waals surface area contributed by atoms with E-state index in [2.05, 4.69) is 21.2 Å². The van der Waals surface area contributed by atoms with Gasteiger partial charge in [-0.3, -0.25) is 4.79 Å². The van der Waals surface area contributed by atoms with Gasteiger partial charge in [0.1, 0.15) is 6.04 Å². The molecule has 6 heteroatoms. The highest BCUT2D eigenvalue weighted by atomic mass is 79.9. The number of carbonyl (C=O) groups excluding carboxylic acids is 1. The van der Waals surface area contributed by atoms with Crippen LogP contribution in [0.15, 0.2) is 15.9 Å². The summed E-state index contributed by atoms with van der Waals surface area (Å²) in [5.74, 6) is -1.32. The molecule has 2 unspecified atom stereocenters. The maximum atomic E-state index is 11.8. The Balaban J connectivity index is 2.59. The van der Waals surface area contributed by atoms with Crippen molar-refractivity contribution >= 4 is 39.1 Å². The van der Waals surface area contributed by atoms with Gasteiger partial charge in [-0.2, -0.15) is 0 Å². The Morgan fingerprint density at radius 1 is 1.50 bits per heavy atom. The number of hydrogen-bond donors (Lipinski definition) is 2. The second-order valence-electron chi connectivity index (χ2n) is 4.15. The van der Waals surface area contributed by atoms with Gasteiger partial charge in [-0.25, -0.2) is 4.79 Å². The average molecular weight is 334 g/mol. The fourth-order valence-corrected chi connectivity index (χ4v) is 2.99. The van der Waals surface area contributed by atoms with Gasteiger partial charge in [0.15, 0.2) is 0 Å².